The Labute approximate surface area is 143 Å². The number of carbonyl (C=O) groups excluding carboxylic acids is 1. The van der Waals surface area contributed by atoms with Crippen molar-refractivity contribution in [3.63, 3.8) is 0 Å². The zero-order valence-corrected chi connectivity index (χ0v) is 14.0. The van der Waals surface area contributed by atoms with Gasteiger partial charge in [-0.15, -0.1) is 0 Å². The largest absolute Gasteiger partial charge is 0.324 e. The topological polar surface area (TPSA) is 66.5 Å². The molecule has 0 aliphatic rings. The van der Waals surface area contributed by atoms with E-state index in [1.807, 2.05) is 0 Å². The van der Waals surface area contributed by atoms with Crippen molar-refractivity contribution in [1.82, 2.24) is 0 Å². The lowest BCUT2D eigenvalue weighted by molar-refractivity contribution is -0.116. The van der Waals surface area contributed by atoms with Crippen molar-refractivity contribution >= 4 is 27.3 Å². The molecular formula is C16H15F3N2O3S. The lowest BCUT2D eigenvalue weighted by Gasteiger charge is -2.23. The number of benzene rings is 2. The summed E-state index contributed by atoms with van der Waals surface area (Å²) in [5.74, 6) is -3.49. The Morgan fingerprint density at radius 1 is 1.00 bits per heavy atom. The van der Waals surface area contributed by atoms with Crippen LogP contribution in [0.3, 0.4) is 0 Å². The number of anilines is 2. The van der Waals surface area contributed by atoms with E-state index < -0.39 is 52.0 Å². The Morgan fingerprint density at radius 2 is 1.56 bits per heavy atom. The van der Waals surface area contributed by atoms with Gasteiger partial charge in [0.1, 0.15) is 11.5 Å². The molecule has 2 rings (SSSR count). The molecule has 0 heterocycles. The molecule has 0 radical (unpaired) electrons. The van der Waals surface area contributed by atoms with Gasteiger partial charge in [-0.05, 0) is 24.3 Å². The lowest BCUT2D eigenvalue weighted by atomic mass is 10.2. The summed E-state index contributed by atoms with van der Waals surface area (Å²) in [7, 11) is -4.04. The normalized spacial score (nSPS) is 11.2. The predicted octanol–water partition coefficient (Wildman–Crippen LogP) is 2.90. The fourth-order valence-electron chi connectivity index (χ4n) is 2.15. The number of halogens is 3. The molecule has 5 nitrogen and oxygen atoms in total. The quantitative estimate of drug-likeness (QED) is 0.848. The van der Waals surface area contributed by atoms with Crippen LogP contribution in [0.25, 0.3) is 0 Å². The van der Waals surface area contributed by atoms with Crippen molar-refractivity contribution in [3.05, 3.63) is 59.9 Å². The van der Waals surface area contributed by atoms with Crippen LogP contribution in [-0.2, 0) is 14.8 Å². The first-order valence-electron chi connectivity index (χ1n) is 7.16. The van der Waals surface area contributed by atoms with Crippen molar-refractivity contribution in [2.24, 2.45) is 0 Å². The third kappa shape index (κ3) is 4.72. The van der Waals surface area contributed by atoms with Crippen molar-refractivity contribution in [3.8, 4) is 0 Å². The van der Waals surface area contributed by atoms with Gasteiger partial charge in [0.15, 0.2) is 11.6 Å². The van der Waals surface area contributed by atoms with E-state index in [1.54, 1.807) is 0 Å². The molecule has 0 unspecified atom stereocenters. The van der Waals surface area contributed by atoms with Gasteiger partial charge in [0.05, 0.1) is 11.9 Å². The molecule has 0 aliphatic carbocycles. The zero-order valence-electron chi connectivity index (χ0n) is 13.2. The molecule has 0 bridgehead atoms. The molecule has 0 fully saturated rings. The maximum atomic E-state index is 13.9. The van der Waals surface area contributed by atoms with E-state index >= 15 is 0 Å². The molecule has 2 aromatic carbocycles. The van der Waals surface area contributed by atoms with Gasteiger partial charge in [0.2, 0.25) is 15.9 Å². The summed E-state index contributed by atoms with van der Waals surface area (Å²) in [6.07, 6.45) is 0.350. The highest BCUT2D eigenvalue weighted by Gasteiger charge is 2.25. The zero-order chi connectivity index (χ0) is 18.6. The molecule has 0 aromatic heterocycles. The van der Waals surface area contributed by atoms with Crippen LogP contribution in [-0.4, -0.2) is 27.1 Å². The molecule has 1 N–H and O–H groups in total. The number of sulfonamides is 1. The van der Waals surface area contributed by atoms with Crippen molar-refractivity contribution in [2.75, 3.05) is 22.4 Å². The van der Waals surface area contributed by atoms with E-state index in [4.69, 9.17) is 0 Å². The van der Waals surface area contributed by atoms with Gasteiger partial charge in [0.25, 0.3) is 0 Å². The van der Waals surface area contributed by atoms with E-state index in [1.165, 1.54) is 18.2 Å². The number of nitrogens with one attached hydrogen (secondary N) is 1. The monoisotopic (exact) mass is 372 g/mol. The molecule has 0 saturated heterocycles. The van der Waals surface area contributed by atoms with Crippen LogP contribution in [0.4, 0.5) is 24.5 Å². The first kappa shape index (κ1) is 18.8. The minimum Gasteiger partial charge on any atom is -0.324 e. The second kappa shape index (κ2) is 7.56. The summed E-state index contributed by atoms with van der Waals surface area (Å²) in [6.45, 7) is -0.503. The minimum absolute atomic E-state index is 0.0736. The smallest absolute Gasteiger partial charge is 0.232 e. The number of rotatable bonds is 6. The minimum atomic E-state index is -4.04. The molecular weight excluding hydrogens is 357 g/mol. The van der Waals surface area contributed by atoms with E-state index in [9.17, 15) is 26.4 Å². The van der Waals surface area contributed by atoms with E-state index in [-0.39, 0.29) is 5.69 Å². The highest BCUT2D eigenvalue weighted by atomic mass is 32.2. The summed E-state index contributed by atoms with van der Waals surface area (Å²) >= 11 is 0. The Hall–Kier alpha value is -2.55. The second-order valence-electron chi connectivity index (χ2n) is 5.18. The van der Waals surface area contributed by atoms with Gasteiger partial charge in [-0.3, -0.25) is 9.10 Å². The third-order valence-electron chi connectivity index (χ3n) is 3.28. The van der Waals surface area contributed by atoms with Crippen LogP contribution in [0, 0.1) is 17.5 Å². The Morgan fingerprint density at radius 3 is 2.12 bits per heavy atom. The van der Waals surface area contributed by atoms with Gasteiger partial charge in [-0.25, -0.2) is 21.6 Å². The van der Waals surface area contributed by atoms with E-state index in [0.29, 0.717) is 4.31 Å². The van der Waals surface area contributed by atoms with Gasteiger partial charge in [0, 0.05) is 13.0 Å². The molecule has 2 aromatic rings. The molecule has 134 valence electrons. The Kier molecular flexibility index (Phi) is 5.68. The second-order valence-corrected chi connectivity index (χ2v) is 7.09. The molecule has 25 heavy (non-hydrogen) atoms. The summed E-state index contributed by atoms with van der Waals surface area (Å²) in [4.78, 5) is 11.9. The lowest BCUT2D eigenvalue weighted by Crippen LogP contribution is -2.34. The van der Waals surface area contributed by atoms with Crippen LogP contribution in [0.1, 0.15) is 6.42 Å². The van der Waals surface area contributed by atoms with E-state index in [0.717, 1.165) is 30.5 Å². The predicted molar refractivity (Wildman–Crippen MR) is 88.2 cm³/mol. The molecule has 0 aliphatic heterocycles. The number of hydrogen-bond acceptors (Lipinski definition) is 3. The fourth-order valence-corrected chi connectivity index (χ4v) is 3.08. The summed E-state index contributed by atoms with van der Waals surface area (Å²) in [6, 6.07) is 8.35. The third-order valence-corrected chi connectivity index (χ3v) is 4.44. The average Bonchev–Trinajstić information content (AvgIpc) is 2.51. The molecule has 0 atom stereocenters. The molecule has 0 spiro atoms. The van der Waals surface area contributed by atoms with Crippen molar-refractivity contribution in [2.45, 2.75) is 6.42 Å². The van der Waals surface area contributed by atoms with Gasteiger partial charge < -0.3 is 5.32 Å². The number of nitrogens with zero attached hydrogens (tertiary/aromatic N) is 1. The molecule has 0 saturated carbocycles. The first-order chi connectivity index (χ1) is 11.7. The standard InChI is InChI=1S/C16H15F3N2O3S/c1-25(23,24)21(16-12(18)6-4-7-13(16)19)10-9-15(22)20-14-8-3-2-5-11(14)17/h2-8H,9-10H2,1H3,(H,20,22). The maximum absolute atomic E-state index is 13.9. The SMILES string of the molecule is CS(=O)(=O)N(CCC(=O)Nc1ccccc1F)c1c(F)cccc1F. The summed E-state index contributed by atoms with van der Waals surface area (Å²) < 4.78 is 65.4. The molecule has 9 heteroatoms. The maximum Gasteiger partial charge on any atom is 0.232 e. The number of carbonyl (C=O) groups is 1. The van der Waals surface area contributed by atoms with Crippen LogP contribution >= 0.6 is 0 Å². The molecule has 1 amide bonds. The van der Waals surface area contributed by atoms with Crippen LogP contribution < -0.4 is 9.62 Å². The Bertz CT molecular complexity index is 868. The summed E-state index contributed by atoms with van der Waals surface area (Å²) in [5.41, 5.74) is -0.834. The highest BCUT2D eigenvalue weighted by Crippen LogP contribution is 2.25. The van der Waals surface area contributed by atoms with Gasteiger partial charge in [-0.1, -0.05) is 18.2 Å². The highest BCUT2D eigenvalue weighted by molar-refractivity contribution is 7.92. The summed E-state index contributed by atoms with van der Waals surface area (Å²) in [5, 5.41) is 2.27. The van der Waals surface area contributed by atoms with Gasteiger partial charge >= 0.3 is 0 Å². The van der Waals surface area contributed by atoms with Crippen molar-refractivity contribution < 1.29 is 26.4 Å². The van der Waals surface area contributed by atoms with Crippen LogP contribution in [0.5, 0.6) is 0 Å². The number of para-hydroxylation sites is 2. The van der Waals surface area contributed by atoms with Crippen LogP contribution in [0.2, 0.25) is 0 Å². The van der Waals surface area contributed by atoms with E-state index in [2.05, 4.69) is 5.32 Å². The number of hydrogen-bond donors (Lipinski definition) is 1. The number of amides is 1. The first-order valence-corrected chi connectivity index (χ1v) is 9.01. The fraction of sp³-hybridized carbons (Fsp3) is 0.188. The van der Waals surface area contributed by atoms with Gasteiger partial charge in [-0.2, -0.15) is 0 Å². The average molecular weight is 372 g/mol. The Balaban J connectivity index is 2.17. The van der Waals surface area contributed by atoms with Crippen LogP contribution in [0.15, 0.2) is 42.5 Å². The van der Waals surface area contributed by atoms with Crippen molar-refractivity contribution in [1.29, 1.82) is 0 Å².